The lowest BCUT2D eigenvalue weighted by Crippen LogP contribution is -2.27. The Morgan fingerprint density at radius 3 is 2.33 bits per heavy atom. The van der Waals surface area contributed by atoms with Gasteiger partial charge in [-0.15, -0.1) is 0 Å². The molecule has 0 aliphatic carbocycles. The summed E-state index contributed by atoms with van der Waals surface area (Å²) >= 11 is 0. The van der Waals surface area contributed by atoms with E-state index in [1.165, 1.54) is 4.90 Å². The zero-order valence-electron chi connectivity index (χ0n) is 11.9. The molecule has 2 rings (SSSR count). The van der Waals surface area contributed by atoms with Crippen LogP contribution in [0.25, 0.3) is 0 Å². The Morgan fingerprint density at radius 1 is 1.14 bits per heavy atom. The van der Waals surface area contributed by atoms with Crippen molar-refractivity contribution in [3.8, 4) is 0 Å². The van der Waals surface area contributed by atoms with Crippen LogP contribution < -0.4 is 5.73 Å². The van der Waals surface area contributed by atoms with E-state index in [9.17, 15) is 13.6 Å². The molecule has 2 aromatic carbocycles. The SMILES string of the molecule is Cc1ccc(CN(C)C(=O)c2cc(F)c(F)cc2N)cc1. The first-order valence-corrected chi connectivity index (χ1v) is 6.44. The van der Waals surface area contributed by atoms with Gasteiger partial charge < -0.3 is 10.6 Å². The normalized spacial score (nSPS) is 10.5. The first-order valence-electron chi connectivity index (χ1n) is 6.44. The van der Waals surface area contributed by atoms with E-state index >= 15 is 0 Å². The first-order chi connectivity index (χ1) is 9.88. The summed E-state index contributed by atoms with van der Waals surface area (Å²) in [5, 5.41) is 0. The number of nitrogens with zero attached hydrogens (tertiary/aromatic N) is 1. The number of rotatable bonds is 3. The lowest BCUT2D eigenvalue weighted by atomic mass is 10.1. The second-order valence-corrected chi connectivity index (χ2v) is 5.00. The summed E-state index contributed by atoms with van der Waals surface area (Å²) in [6, 6.07) is 9.36. The van der Waals surface area contributed by atoms with Crippen molar-refractivity contribution in [3.63, 3.8) is 0 Å². The average molecular weight is 290 g/mol. The third-order valence-corrected chi connectivity index (χ3v) is 3.21. The van der Waals surface area contributed by atoms with Crippen LogP contribution in [0.2, 0.25) is 0 Å². The molecule has 0 atom stereocenters. The zero-order chi connectivity index (χ0) is 15.6. The van der Waals surface area contributed by atoms with Gasteiger partial charge in [0.1, 0.15) is 0 Å². The summed E-state index contributed by atoms with van der Waals surface area (Å²) in [5.74, 6) is -2.60. The predicted molar refractivity (Wildman–Crippen MR) is 77.7 cm³/mol. The molecule has 0 unspecified atom stereocenters. The number of nitrogens with two attached hydrogens (primary N) is 1. The van der Waals surface area contributed by atoms with Crippen molar-refractivity contribution in [2.45, 2.75) is 13.5 Å². The van der Waals surface area contributed by atoms with Crippen LogP contribution >= 0.6 is 0 Å². The topological polar surface area (TPSA) is 46.3 Å². The van der Waals surface area contributed by atoms with E-state index in [1.807, 2.05) is 31.2 Å². The van der Waals surface area contributed by atoms with Crippen molar-refractivity contribution in [1.29, 1.82) is 0 Å². The number of nitrogen functional groups attached to an aromatic ring is 1. The highest BCUT2D eigenvalue weighted by molar-refractivity contribution is 5.99. The van der Waals surface area contributed by atoms with E-state index < -0.39 is 17.5 Å². The fraction of sp³-hybridized carbons (Fsp3) is 0.188. The van der Waals surface area contributed by atoms with Gasteiger partial charge in [0.2, 0.25) is 0 Å². The van der Waals surface area contributed by atoms with Crippen LogP contribution in [0.4, 0.5) is 14.5 Å². The molecule has 0 fully saturated rings. The molecule has 21 heavy (non-hydrogen) atoms. The lowest BCUT2D eigenvalue weighted by molar-refractivity contribution is 0.0785. The Hall–Kier alpha value is -2.43. The Morgan fingerprint density at radius 2 is 1.71 bits per heavy atom. The Balaban J connectivity index is 2.19. The fourth-order valence-electron chi connectivity index (χ4n) is 1.99. The summed E-state index contributed by atoms with van der Waals surface area (Å²) in [4.78, 5) is 13.7. The van der Waals surface area contributed by atoms with Gasteiger partial charge in [0, 0.05) is 25.3 Å². The van der Waals surface area contributed by atoms with E-state index in [0.717, 1.165) is 23.3 Å². The predicted octanol–water partition coefficient (Wildman–Crippen LogP) is 3.13. The molecule has 5 heteroatoms. The Bertz CT molecular complexity index is 669. The number of benzene rings is 2. The largest absolute Gasteiger partial charge is 0.398 e. The highest BCUT2D eigenvalue weighted by Gasteiger charge is 2.18. The second kappa shape index (κ2) is 5.91. The van der Waals surface area contributed by atoms with Gasteiger partial charge in [-0.1, -0.05) is 29.8 Å². The van der Waals surface area contributed by atoms with Crippen LogP contribution in [0.1, 0.15) is 21.5 Å². The molecule has 0 radical (unpaired) electrons. The van der Waals surface area contributed by atoms with E-state index in [0.29, 0.717) is 6.54 Å². The summed E-state index contributed by atoms with van der Waals surface area (Å²) in [7, 11) is 1.59. The van der Waals surface area contributed by atoms with Crippen LogP contribution in [0, 0.1) is 18.6 Å². The first kappa shape index (κ1) is 15.0. The molecular formula is C16H16F2N2O. The molecule has 0 bridgehead atoms. The number of hydrogen-bond acceptors (Lipinski definition) is 2. The van der Waals surface area contributed by atoms with E-state index in [-0.39, 0.29) is 11.3 Å². The molecule has 0 saturated heterocycles. The summed E-state index contributed by atoms with van der Waals surface area (Å²) in [6.07, 6.45) is 0. The summed E-state index contributed by atoms with van der Waals surface area (Å²) in [5.41, 5.74) is 7.54. The van der Waals surface area contributed by atoms with Gasteiger partial charge in [-0.05, 0) is 18.6 Å². The fourth-order valence-corrected chi connectivity index (χ4v) is 1.99. The summed E-state index contributed by atoms with van der Waals surface area (Å²) < 4.78 is 26.3. The van der Waals surface area contributed by atoms with Crippen LogP contribution in [-0.4, -0.2) is 17.9 Å². The average Bonchev–Trinajstić information content (AvgIpc) is 2.44. The molecule has 1 amide bonds. The van der Waals surface area contributed by atoms with Gasteiger partial charge in [0.05, 0.1) is 5.56 Å². The number of amides is 1. The van der Waals surface area contributed by atoms with Crippen LogP contribution in [0.3, 0.4) is 0 Å². The molecule has 0 saturated carbocycles. The number of carbonyl (C=O) groups excluding carboxylic acids is 1. The van der Waals surface area contributed by atoms with Crippen LogP contribution in [0.15, 0.2) is 36.4 Å². The molecule has 2 aromatic rings. The molecule has 0 aliphatic heterocycles. The van der Waals surface area contributed by atoms with Crippen molar-refractivity contribution in [2.75, 3.05) is 12.8 Å². The minimum absolute atomic E-state index is 0.0384. The van der Waals surface area contributed by atoms with Crippen molar-refractivity contribution in [1.82, 2.24) is 4.90 Å². The van der Waals surface area contributed by atoms with Gasteiger partial charge in [0.15, 0.2) is 11.6 Å². The highest BCUT2D eigenvalue weighted by Crippen LogP contribution is 2.19. The second-order valence-electron chi connectivity index (χ2n) is 5.00. The van der Waals surface area contributed by atoms with Crippen LogP contribution in [0.5, 0.6) is 0 Å². The quantitative estimate of drug-likeness (QED) is 0.883. The van der Waals surface area contributed by atoms with Gasteiger partial charge in [-0.2, -0.15) is 0 Å². The molecule has 0 heterocycles. The maximum atomic E-state index is 13.3. The molecule has 3 nitrogen and oxygen atoms in total. The Kier molecular flexibility index (Phi) is 4.21. The third-order valence-electron chi connectivity index (χ3n) is 3.21. The number of aryl methyl sites for hydroxylation is 1. The van der Waals surface area contributed by atoms with Gasteiger partial charge >= 0.3 is 0 Å². The van der Waals surface area contributed by atoms with Crippen LogP contribution in [-0.2, 0) is 6.54 Å². The third kappa shape index (κ3) is 3.37. The van der Waals surface area contributed by atoms with Crippen molar-refractivity contribution >= 4 is 11.6 Å². The maximum absolute atomic E-state index is 13.3. The van der Waals surface area contributed by atoms with Gasteiger partial charge in [0.25, 0.3) is 5.91 Å². The lowest BCUT2D eigenvalue weighted by Gasteiger charge is -2.18. The molecular weight excluding hydrogens is 274 g/mol. The minimum atomic E-state index is -1.09. The van der Waals surface area contributed by atoms with E-state index in [2.05, 4.69) is 0 Å². The Labute approximate surface area is 122 Å². The maximum Gasteiger partial charge on any atom is 0.256 e. The smallest absolute Gasteiger partial charge is 0.256 e. The van der Waals surface area contributed by atoms with E-state index in [4.69, 9.17) is 5.73 Å². The number of halogens is 2. The number of anilines is 1. The standard InChI is InChI=1S/C16H16F2N2O/c1-10-3-5-11(6-4-10)9-20(2)16(21)12-7-13(17)14(18)8-15(12)19/h3-8H,9,19H2,1-2H3. The molecule has 2 N–H and O–H groups in total. The molecule has 0 aliphatic rings. The monoisotopic (exact) mass is 290 g/mol. The minimum Gasteiger partial charge on any atom is -0.398 e. The molecule has 0 aromatic heterocycles. The zero-order valence-corrected chi connectivity index (χ0v) is 11.9. The van der Waals surface area contributed by atoms with Crippen molar-refractivity contribution in [3.05, 3.63) is 64.7 Å². The van der Waals surface area contributed by atoms with Gasteiger partial charge in [-0.25, -0.2) is 8.78 Å². The van der Waals surface area contributed by atoms with Gasteiger partial charge in [-0.3, -0.25) is 4.79 Å². The van der Waals surface area contributed by atoms with E-state index in [1.54, 1.807) is 7.05 Å². The van der Waals surface area contributed by atoms with Crippen molar-refractivity contribution in [2.24, 2.45) is 0 Å². The molecule has 0 spiro atoms. The number of hydrogen-bond donors (Lipinski definition) is 1. The summed E-state index contributed by atoms with van der Waals surface area (Å²) in [6.45, 7) is 2.33. The molecule has 110 valence electrons. The number of carbonyl (C=O) groups is 1. The van der Waals surface area contributed by atoms with Crippen molar-refractivity contribution < 1.29 is 13.6 Å². The highest BCUT2D eigenvalue weighted by atomic mass is 19.2.